The van der Waals surface area contributed by atoms with Crippen molar-refractivity contribution < 1.29 is 0 Å². The van der Waals surface area contributed by atoms with Gasteiger partial charge in [0.25, 0.3) is 0 Å². The monoisotopic (exact) mass is 380 g/mol. The molecule has 2 heterocycles. The van der Waals surface area contributed by atoms with Crippen molar-refractivity contribution in [2.24, 2.45) is 11.7 Å². The summed E-state index contributed by atoms with van der Waals surface area (Å²) in [6, 6.07) is 2.58. The van der Waals surface area contributed by atoms with E-state index in [9.17, 15) is 0 Å². The van der Waals surface area contributed by atoms with Gasteiger partial charge in [-0.15, -0.1) is 11.3 Å². The second kappa shape index (κ2) is 6.15. The smallest absolute Gasteiger partial charge is 0.0843 e. The number of thiophene rings is 1. The molecule has 5 heteroatoms. The zero-order valence-corrected chi connectivity index (χ0v) is 13.9. The van der Waals surface area contributed by atoms with E-state index >= 15 is 0 Å². The lowest BCUT2D eigenvalue weighted by molar-refractivity contribution is 0.135. The van der Waals surface area contributed by atoms with Crippen LogP contribution in [0.5, 0.6) is 0 Å². The maximum absolute atomic E-state index is 5.97. The Morgan fingerprint density at radius 1 is 1.59 bits per heavy atom. The van der Waals surface area contributed by atoms with E-state index in [1.165, 1.54) is 30.8 Å². The van der Waals surface area contributed by atoms with Crippen molar-refractivity contribution in [1.29, 1.82) is 0 Å². The van der Waals surface area contributed by atoms with E-state index < -0.39 is 0 Å². The van der Waals surface area contributed by atoms with Crippen LogP contribution in [0.25, 0.3) is 0 Å². The van der Waals surface area contributed by atoms with E-state index in [1.54, 1.807) is 11.3 Å². The first-order valence-corrected chi connectivity index (χ1v) is 8.41. The first-order valence-electron chi connectivity index (χ1n) is 6.00. The van der Waals surface area contributed by atoms with Crippen LogP contribution in [0.4, 0.5) is 0 Å². The van der Waals surface area contributed by atoms with Crippen LogP contribution < -0.4 is 5.73 Å². The van der Waals surface area contributed by atoms with E-state index in [1.807, 2.05) is 0 Å². The molecule has 0 aliphatic carbocycles. The Morgan fingerprint density at radius 3 is 2.88 bits per heavy atom. The molecular weight excluding hydrogens is 364 g/mol. The molecule has 2 unspecified atom stereocenters. The molecule has 1 aromatic heterocycles. The molecule has 0 radical (unpaired) electrons. The summed E-state index contributed by atoms with van der Waals surface area (Å²) in [4.78, 5) is 3.90. The number of hydrogen-bond acceptors (Lipinski definition) is 3. The normalized spacial score (nSPS) is 23.9. The van der Waals surface area contributed by atoms with Crippen molar-refractivity contribution in [3.63, 3.8) is 0 Å². The average molecular weight is 382 g/mol. The minimum atomic E-state index is 0.380. The van der Waals surface area contributed by atoms with Crippen LogP contribution in [0.15, 0.2) is 14.3 Å². The van der Waals surface area contributed by atoms with Crippen molar-refractivity contribution in [3.05, 3.63) is 19.2 Å². The molecule has 1 aliphatic heterocycles. The summed E-state index contributed by atoms with van der Waals surface area (Å²) in [5, 5.41) is 0. The van der Waals surface area contributed by atoms with Crippen LogP contribution in [0, 0.1) is 5.92 Å². The fourth-order valence-electron chi connectivity index (χ4n) is 2.48. The van der Waals surface area contributed by atoms with Gasteiger partial charge in [-0.05, 0) is 63.2 Å². The third kappa shape index (κ3) is 3.32. The summed E-state index contributed by atoms with van der Waals surface area (Å²) in [6.07, 6.45) is 2.65. The van der Waals surface area contributed by atoms with Crippen LogP contribution in [0.1, 0.15) is 30.7 Å². The standard InChI is InChI=1S/C12H18Br2N2S/c1-8-3-2-4-16(7-8)10(6-15)11-5-9(13)12(14)17-11/h5,8,10H,2-4,6-7,15H2,1H3. The number of halogens is 2. The maximum atomic E-state index is 5.97. The molecule has 96 valence electrons. The fraction of sp³-hybridized carbons (Fsp3) is 0.667. The predicted octanol–water partition coefficient (Wildman–Crippen LogP) is 4.00. The molecule has 1 fully saturated rings. The Kier molecular flexibility index (Phi) is 5.06. The molecule has 1 saturated heterocycles. The molecule has 1 aromatic rings. The van der Waals surface area contributed by atoms with E-state index in [0.29, 0.717) is 12.6 Å². The van der Waals surface area contributed by atoms with Crippen LogP contribution in [0.2, 0.25) is 0 Å². The van der Waals surface area contributed by atoms with Gasteiger partial charge >= 0.3 is 0 Å². The second-order valence-corrected chi connectivity index (χ2v) is 8.02. The summed E-state index contributed by atoms with van der Waals surface area (Å²) in [7, 11) is 0. The highest BCUT2D eigenvalue weighted by molar-refractivity contribution is 9.13. The zero-order valence-electron chi connectivity index (χ0n) is 9.96. The zero-order chi connectivity index (χ0) is 12.4. The molecule has 1 aliphatic rings. The highest BCUT2D eigenvalue weighted by Gasteiger charge is 2.25. The van der Waals surface area contributed by atoms with Crippen LogP contribution in [0.3, 0.4) is 0 Å². The number of rotatable bonds is 3. The second-order valence-electron chi connectivity index (χ2n) is 4.76. The van der Waals surface area contributed by atoms with Gasteiger partial charge in [0.05, 0.1) is 9.83 Å². The Hall–Kier alpha value is 0.580. The van der Waals surface area contributed by atoms with E-state index in [4.69, 9.17) is 5.73 Å². The maximum Gasteiger partial charge on any atom is 0.0843 e. The molecule has 2 atom stereocenters. The SMILES string of the molecule is CC1CCCN(C(CN)c2cc(Br)c(Br)s2)C1. The van der Waals surface area contributed by atoms with Crippen molar-refractivity contribution in [1.82, 2.24) is 4.90 Å². The highest BCUT2D eigenvalue weighted by Crippen LogP contribution is 2.38. The van der Waals surface area contributed by atoms with E-state index in [2.05, 4.69) is 49.7 Å². The van der Waals surface area contributed by atoms with E-state index in [-0.39, 0.29) is 0 Å². The predicted molar refractivity (Wildman–Crippen MR) is 81.5 cm³/mol. The Balaban J connectivity index is 2.15. The highest BCUT2D eigenvalue weighted by atomic mass is 79.9. The first kappa shape index (κ1) is 14.0. The van der Waals surface area contributed by atoms with Crippen molar-refractivity contribution in [3.8, 4) is 0 Å². The molecule has 0 spiro atoms. The van der Waals surface area contributed by atoms with Crippen LogP contribution in [-0.4, -0.2) is 24.5 Å². The molecule has 0 bridgehead atoms. The number of likely N-dealkylation sites (tertiary alicyclic amines) is 1. The number of hydrogen-bond donors (Lipinski definition) is 1. The summed E-state index contributed by atoms with van der Waals surface area (Å²) in [5.74, 6) is 0.796. The lowest BCUT2D eigenvalue weighted by Gasteiger charge is -2.36. The van der Waals surface area contributed by atoms with Crippen molar-refractivity contribution >= 4 is 43.2 Å². The van der Waals surface area contributed by atoms with Gasteiger partial charge in [-0.1, -0.05) is 6.92 Å². The Bertz CT molecular complexity index is 361. The van der Waals surface area contributed by atoms with Gasteiger partial charge in [0.2, 0.25) is 0 Å². The van der Waals surface area contributed by atoms with Gasteiger partial charge in [-0.2, -0.15) is 0 Å². The van der Waals surface area contributed by atoms with E-state index in [0.717, 1.165) is 14.2 Å². The largest absolute Gasteiger partial charge is 0.329 e. The van der Waals surface area contributed by atoms with Gasteiger partial charge in [-0.3, -0.25) is 4.90 Å². The molecule has 2 nitrogen and oxygen atoms in total. The third-order valence-electron chi connectivity index (χ3n) is 3.35. The summed E-state index contributed by atoms with van der Waals surface area (Å²) < 4.78 is 2.30. The van der Waals surface area contributed by atoms with Gasteiger partial charge in [0, 0.05) is 22.4 Å². The minimum Gasteiger partial charge on any atom is -0.329 e. The quantitative estimate of drug-likeness (QED) is 0.857. The fourth-order valence-corrected chi connectivity index (χ4v) is 4.72. The topological polar surface area (TPSA) is 29.3 Å². The first-order chi connectivity index (χ1) is 8.11. The van der Waals surface area contributed by atoms with Crippen molar-refractivity contribution in [2.45, 2.75) is 25.8 Å². The summed E-state index contributed by atoms with van der Waals surface area (Å²) in [5.41, 5.74) is 5.97. The molecule has 2 rings (SSSR count). The Morgan fingerprint density at radius 2 is 2.35 bits per heavy atom. The summed E-state index contributed by atoms with van der Waals surface area (Å²) in [6.45, 7) is 5.39. The van der Waals surface area contributed by atoms with Gasteiger partial charge < -0.3 is 5.73 Å². The molecule has 0 saturated carbocycles. The molecular formula is C12H18Br2N2S. The number of nitrogens with two attached hydrogens (primary N) is 1. The third-order valence-corrected chi connectivity index (χ3v) is 6.70. The van der Waals surface area contributed by atoms with Crippen LogP contribution in [-0.2, 0) is 0 Å². The number of piperidine rings is 1. The summed E-state index contributed by atoms with van der Waals surface area (Å²) >= 11 is 8.91. The molecule has 2 N–H and O–H groups in total. The molecule has 0 aromatic carbocycles. The van der Waals surface area contributed by atoms with Gasteiger partial charge in [0.15, 0.2) is 0 Å². The number of nitrogens with zero attached hydrogens (tertiary/aromatic N) is 1. The molecule has 0 amide bonds. The van der Waals surface area contributed by atoms with Crippen molar-refractivity contribution in [2.75, 3.05) is 19.6 Å². The molecule has 17 heavy (non-hydrogen) atoms. The average Bonchev–Trinajstić information content (AvgIpc) is 2.60. The lowest BCUT2D eigenvalue weighted by atomic mass is 9.98. The lowest BCUT2D eigenvalue weighted by Crippen LogP contribution is -2.40. The van der Waals surface area contributed by atoms with Gasteiger partial charge in [0.1, 0.15) is 0 Å². The Labute approximate surface area is 124 Å². The van der Waals surface area contributed by atoms with Gasteiger partial charge in [-0.25, -0.2) is 0 Å². The minimum absolute atomic E-state index is 0.380. The van der Waals surface area contributed by atoms with Crippen LogP contribution >= 0.6 is 43.2 Å².